The molecule has 10 N–H and O–H groups in total. The van der Waals surface area contributed by atoms with E-state index in [-0.39, 0.29) is 64.5 Å². The Kier molecular flexibility index (Phi) is 17.2. The lowest BCUT2D eigenvalue weighted by atomic mass is 9.72. The second-order valence-electron chi connectivity index (χ2n) is 21.4. The Morgan fingerprint density at radius 3 is 2.26 bits per heavy atom. The third-order valence-electron chi connectivity index (χ3n) is 16.0. The molecule has 440 valence electrons. The molecule has 25 heteroatoms. The molecule has 2 fully saturated rings. The van der Waals surface area contributed by atoms with Crippen LogP contribution >= 0.6 is 0 Å². The highest BCUT2D eigenvalue weighted by molar-refractivity contribution is 6.31. The Hall–Kier alpha value is -8.59. The summed E-state index contributed by atoms with van der Waals surface area (Å²) in [4.78, 5) is 93.7. The van der Waals surface area contributed by atoms with Gasteiger partial charge < -0.3 is 70.9 Å². The van der Waals surface area contributed by atoms with Gasteiger partial charge in [-0.25, -0.2) is 19.6 Å². The summed E-state index contributed by atoms with van der Waals surface area (Å²) in [6.45, 7) is 2.05. The molecule has 5 aromatic rings. The number of aliphatic hydroxyl groups is 3. The van der Waals surface area contributed by atoms with Crippen molar-refractivity contribution < 1.29 is 78.0 Å². The molecule has 3 aromatic carbocycles. The van der Waals surface area contributed by atoms with Gasteiger partial charge >= 0.3 is 12.2 Å². The van der Waals surface area contributed by atoms with Gasteiger partial charge in [-0.3, -0.25) is 24.2 Å². The van der Waals surface area contributed by atoms with E-state index < -0.39 is 120 Å². The van der Waals surface area contributed by atoms with Crippen LogP contribution in [0.15, 0.2) is 89.5 Å². The molecule has 0 bridgehead atoms. The van der Waals surface area contributed by atoms with Gasteiger partial charge in [0.15, 0.2) is 23.7 Å². The zero-order valence-corrected chi connectivity index (χ0v) is 46.0. The number of benzene rings is 3. The fourth-order valence-corrected chi connectivity index (χ4v) is 11.7. The number of methoxy groups -OCH3 is 1. The van der Waals surface area contributed by atoms with Crippen molar-refractivity contribution in [3.8, 4) is 23.0 Å². The number of hydrogen-bond donors (Lipinski definition) is 9. The van der Waals surface area contributed by atoms with E-state index in [9.17, 15) is 54.3 Å². The molecule has 1 saturated heterocycles. The molecular formula is C59H63N9O16. The lowest BCUT2D eigenvalue weighted by Gasteiger charge is -2.42. The highest BCUT2D eigenvalue weighted by atomic mass is 16.7. The average Bonchev–Trinajstić information content (AvgIpc) is 0.837. The van der Waals surface area contributed by atoms with Crippen molar-refractivity contribution in [3.63, 3.8) is 0 Å². The lowest BCUT2D eigenvalue weighted by molar-refractivity contribution is -0.249. The molecule has 3 amide bonds. The number of aliphatic hydroxyl groups excluding tert-OH is 2. The number of phenols is 2. The Bertz CT molecular complexity index is 3440. The molecule has 0 radical (unpaired) electrons. The highest BCUT2D eigenvalue weighted by Crippen LogP contribution is 2.53. The van der Waals surface area contributed by atoms with Crippen molar-refractivity contribution in [1.29, 1.82) is 0 Å². The maximum Gasteiger partial charge on any atom is 0.412 e. The van der Waals surface area contributed by atoms with Gasteiger partial charge in [-0.1, -0.05) is 31.2 Å². The summed E-state index contributed by atoms with van der Waals surface area (Å²) in [5.74, 6) is -4.09. The van der Waals surface area contributed by atoms with Gasteiger partial charge in [0.05, 0.1) is 65.3 Å². The van der Waals surface area contributed by atoms with E-state index >= 15 is 0 Å². The number of nitrogens with two attached hydrogens (primary N) is 1. The van der Waals surface area contributed by atoms with Crippen LogP contribution in [0.3, 0.4) is 0 Å². The van der Waals surface area contributed by atoms with Crippen molar-refractivity contribution in [2.75, 3.05) is 19.0 Å². The Morgan fingerprint density at radius 2 is 1.55 bits per heavy atom. The summed E-state index contributed by atoms with van der Waals surface area (Å²) in [6, 6.07) is 13.7. The number of ether oxygens (including phenoxy) is 5. The molecule has 10 rings (SSSR count). The number of nitrogens with one attached hydrogen (secondary N) is 3. The molecule has 2 aliphatic heterocycles. The first-order valence-electron chi connectivity index (χ1n) is 27.6. The topological polar surface area (TPSA) is 375 Å². The Labute approximate surface area is 480 Å². The number of aromatic nitrogens is 3. The average molecular weight is 1150 g/mol. The number of phenolic OH excluding ortho intramolecular Hbond substituents is 2. The summed E-state index contributed by atoms with van der Waals surface area (Å²) >= 11 is 0. The van der Waals surface area contributed by atoms with Gasteiger partial charge in [-0.2, -0.15) is 10.2 Å². The molecule has 10 atom stereocenters. The smallest absolute Gasteiger partial charge is 0.412 e. The molecule has 0 spiro atoms. The number of ketones is 3. The summed E-state index contributed by atoms with van der Waals surface area (Å²) < 4.78 is 28.8. The molecule has 84 heavy (non-hydrogen) atoms. The zero-order chi connectivity index (χ0) is 59.6. The first-order chi connectivity index (χ1) is 40.4. The standard InChI is InChI=1S/C59H63N9O16/c1-4-7-43(71)64-30-12-18-38(63-25-30)49-32-16-19-37(36(60)17-15-33(32)50(68-67-49)56-61-20-6-21-62-56)65-58(78)83-31-13-10-29(11-14-31)27-81-57(77)66-39-22-44(82-28(2)51(39)72)84-41-24-59(79,42(70)26-69)23-35-46(41)55(76)48-47(53(35)74)52(73)34-8-5-9-40(80-3)45(34)54(48)75/h5-6,8-14,18,20-21,25,28,32-33,36-37,39,41,44,51,69,72,74,76,79H,4,7,15-17,19,22-24,26-27,60H2,1-3H3,(H,64,71)(H,65,78)(H,66,77)/t28?,32?,33?,36?,37?,39?,41-,44-,51+,59-/m0/s1. The van der Waals surface area contributed by atoms with Gasteiger partial charge in [0, 0.05) is 78.7 Å². The number of amides is 3. The summed E-state index contributed by atoms with van der Waals surface area (Å²) in [6.07, 6.45) is -0.417. The number of alkyl carbamates (subject to hydrolysis) is 1. The molecule has 1 saturated carbocycles. The van der Waals surface area contributed by atoms with Crippen LogP contribution in [0.1, 0.15) is 131 Å². The fraction of sp³-hybridized carbons (Fsp3) is 0.407. The van der Waals surface area contributed by atoms with Crippen LogP contribution in [0, 0.1) is 11.8 Å². The maximum absolute atomic E-state index is 14.1. The largest absolute Gasteiger partial charge is 0.507 e. The van der Waals surface area contributed by atoms with Crippen LogP contribution in [0.25, 0.3) is 0 Å². The van der Waals surface area contributed by atoms with Crippen molar-refractivity contribution in [2.45, 2.75) is 127 Å². The number of fused-ring (bicyclic) bond motifs is 4. The minimum atomic E-state index is -2.40. The van der Waals surface area contributed by atoms with Gasteiger partial charge in [-0.15, -0.1) is 0 Å². The van der Waals surface area contributed by atoms with E-state index in [1.54, 1.807) is 48.9 Å². The molecule has 4 heterocycles. The van der Waals surface area contributed by atoms with E-state index in [1.807, 2.05) is 6.92 Å². The van der Waals surface area contributed by atoms with Gasteiger partial charge in [-0.05, 0) is 81.0 Å². The summed E-state index contributed by atoms with van der Waals surface area (Å²) in [5.41, 5.74) is 5.39. The minimum Gasteiger partial charge on any atom is -0.507 e. The van der Waals surface area contributed by atoms with E-state index in [2.05, 4.69) is 41.1 Å². The maximum atomic E-state index is 14.1. The molecular weight excluding hydrogens is 1090 g/mol. The van der Waals surface area contributed by atoms with Crippen molar-refractivity contribution >= 4 is 52.6 Å². The van der Waals surface area contributed by atoms with Crippen LogP contribution in [0.5, 0.6) is 23.0 Å². The van der Waals surface area contributed by atoms with E-state index in [4.69, 9.17) is 29.4 Å². The second-order valence-corrected chi connectivity index (χ2v) is 21.4. The number of carbonyl (C=O) groups excluding carboxylic acids is 6. The first kappa shape index (κ1) is 58.6. The quantitative estimate of drug-likeness (QED) is 0.0644. The highest BCUT2D eigenvalue weighted by Gasteiger charge is 2.51. The van der Waals surface area contributed by atoms with Crippen molar-refractivity contribution in [3.05, 3.63) is 130 Å². The minimum absolute atomic E-state index is 0.0351. The normalized spacial score (nSPS) is 25.3. The van der Waals surface area contributed by atoms with Crippen molar-refractivity contribution in [2.24, 2.45) is 27.8 Å². The van der Waals surface area contributed by atoms with Crippen molar-refractivity contribution in [1.82, 2.24) is 25.6 Å². The number of rotatable bonds is 15. The molecule has 25 nitrogen and oxygen atoms in total. The van der Waals surface area contributed by atoms with Gasteiger partial charge in [0.1, 0.15) is 53.6 Å². The number of aromatic hydroxyl groups is 2. The number of pyridine rings is 1. The third kappa shape index (κ3) is 11.8. The number of carbonyl (C=O) groups is 6. The van der Waals surface area contributed by atoms with Crippen LogP contribution in [0.4, 0.5) is 15.3 Å². The van der Waals surface area contributed by atoms with Crippen LogP contribution < -0.4 is 31.2 Å². The monoisotopic (exact) mass is 1150 g/mol. The number of Topliss-reactive ketones (excluding diaryl/α,β-unsaturated/α-hetero) is 1. The predicted molar refractivity (Wildman–Crippen MR) is 297 cm³/mol. The first-order valence-corrected chi connectivity index (χ1v) is 27.6. The van der Waals surface area contributed by atoms with Gasteiger partial charge in [0.25, 0.3) is 0 Å². The molecule has 5 aliphatic rings. The third-order valence-corrected chi connectivity index (χ3v) is 16.0. The molecule has 6 unspecified atom stereocenters. The SMILES string of the molecule is CCCC(=O)Nc1ccc(C2=NN=C(c3ncccn3)C3CCC(N)C(NC(=O)Oc4ccc(COC(=O)NC5C[C@H](O[C@H]6C[C@](O)(C(=O)CO)Cc7c(O)c8c(c(O)c76)C(=O)c6c(OC)cccc6C8=O)OC(C)[C@H]5O)cc4)CCC23)nc1. The summed E-state index contributed by atoms with van der Waals surface area (Å²) in [7, 11) is 1.29. The Balaban J connectivity index is 0.760. The zero-order valence-electron chi connectivity index (χ0n) is 46.0. The van der Waals surface area contributed by atoms with E-state index in [1.165, 1.54) is 44.4 Å². The fourth-order valence-electron chi connectivity index (χ4n) is 11.7. The van der Waals surface area contributed by atoms with Gasteiger partial charge in [0.2, 0.25) is 11.7 Å². The number of anilines is 1. The molecule has 3 aliphatic carbocycles. The predicted octanol–water partition coefficient (Wildman–Crippen LogP) is 4.39. The van der Waals surface area contributed by atoms with E-state index in [0.717, 1.165) is 0 Å². The van der Waals surface area contributed by atoms with Crippen LogP contribution in [0.2, 0.25) is 0 Å². The number of hydrogen-bond acceptors (Lipinski definition) is 22. The Morgan fingerprint density at radius 1 is 0.833 bits per heavy atom. The second kappa shape index (κ2) is 24.7. The van der Waals surface area contributed by atoms with Crippen LogP contribution in [-0.4, -0.2) is 143 Å². The van der Waals surface area contributed by atoms with E-state index in [0.29, 0.717) is 72.7 Å². The molecule has 2 aromatic heterocycles. The lowest BCUT2D eigenvalue weighted by Crippen LogP contribution is -2.56. The summed E-state index contributed by atoms with van der Waals surface area (Å²) in [5, 5.41) is 74.0. The van der Waals surface area contributed by atoms with Crippen LogP contribution in [-0.2, 0) is 36.8 Å². The number of nitrogens with zero attached hydrogens (tertiary/aromatic N) is 5.